The van der Waals surface area contributed by atoms with Gasteiger partial charge >= 0.3 is 0 Å². The molecule has 9 heteroatoms. The highest BCUT2D eigenvalue weighted by atomic mass is 35.5. The summed E-state index contributed by atoms with van der Waals surface area (Å²) >= 11 is 1.51. The van der Waals surface area contributed by atoms with Crippen LogP contribution in [-0.4, -0.2) is 40.3 Å². The molecule has 1 unspecified atom stereocenters. The van der Waals surface area contributed by atoms with E-state index in [0.717, 1.165) is 24.4 Å². The Hall–Kier alpha value is -2.29. The molecule has 1 amide bonds. The number of piperidine rings is 1. The fourth-order valence-electron chi connectivity index (χ4n) is 3.38. The standard InChI is InChI=1S/C20H22FN5OS.ClH/c21-15-5-7-16(8-6-15)26-19(17-4-2-12-28-17)24-18(25-26)20(27)23-11-9-14-3-1-10-22-13-14;/h2,4-8,12,14,22H,1,3,9-11,13H2,(H,23,27);1H. The highest BCUT2D eigenvalue weighted by molar-refractivity contribution is 7.13. The molecule has 4 rings (SSSR count). The van der Waals surface area contributed by atoms with E-state index in [1.807, 2.05) is 17.5 Å². The van der Waals surface area contributed by atoms with Crippen LogP contribution in [0.15, 0.2) is 41.8 Å². The van der Waals surface area contributed by atoms with Crippen molar-refractivity contribution in [2.24, 2.45) is 5.92 Å². The molecule has 0 radical (unpaired) electrons. The van der Waals surface area contributed by atoms with E-state index in [2.05, 4.69) is 20.7 Å². The van der Waals surface area contributed by atoms with Crippen LogP contribution >= 0.6 is 23.7 Å². The first-order chi connectivity index (χ1) is 13.7. The molecule has 0 saturated carbocycles. The van der Waals surface area contributed by atoms with Crippen LogP contribution in [0.1, 0.15) is 29.9 Å². The first-order valence-electron chi connectivity index (χ1n) is 9.46. The summed E-state index contributed by atoms with van der Waals surface area (Å²) in [6.07, 6.45) is 3.32. The Bertz CT molecular complexity index is 923. The van der Waals surface area contributed by atoms with Crippen molar-refractivity contribution < 1.29 is 9.18 Å². The van der Waals surface area contributed by atoms with Gasteiger partial charge in [0.05, 0.1) is 10.6 Å². The Kier molecular flexibility index (Phi) is 7.35. The molecular formula is C20H23ClFN5OS. The van der Waals surface area contributed by atoms with E-state index < -0.39 is 0 Å². The van der Waals surface area contributed by atoms with Gasteiger partial charge in [0, 0.05) is 6.54 Å². The predicted molar refractivity (Wildman–Crippen MR) is 114 cm³/mol. The van der Waals surface area contributed by atoms with Gasteiger partial charge in [-0.3, -0.25) is 4.79 Å². The number of nitrogens with one attached hydrogen (secondary N) is 2. The van der Waals surface area contributed by atoms with Crippen molar-refractivity contribution >= 4 is 29.7 Å². The van der Waals surface area contributed by atoms with E-state index in [9.17, 15) is 9.18 Å². The Morgan fingerprint density at radius 1 is 1.31 bits per heavy atom. The number of hydrogen-bond acceptors (Lipinski definition) is 5. The molecule has 2 N–H and O–H groups in total. The SMILES string of the molecule is Cl.O=C(NCCC1CCCNC1)c1nc(-c2cccs2)n(-c2ccc(F)cc2)n1. The minimum Gasteiger partial charge on any atom is -0.349 e. The average molecular weight is 436 g/mol. The lowest BCUT2D eigenvalue weighted by atomic mass is 9.96. The van der Waals surface area contributed by atoms with Gasteiger partial charge in [0.2, 0.25) is 5.82 Å². The molecule has 154 valence electrons. The maximum absolute atomic E-state index is 13.3. The van der Waals surface area contributed by atoms with Crippen LogP contribution < -0.4 is 10.6 Å². The summed E-state index contributed by atoms with van der Waals surface area (Å²) in [5, 5.41) is 12.7. The lowest BCUT2D eigenvalue weighted by Gasteiger charge is -2.22. The maximum atomic E-state index is 13.3. The number of halogens is 2. The van der Waals surface area contributed by atoms with Gasteiger partial charge in [-0.25, -0.2) is 14.1 Å². The molecule has 1 aromatic carbocycles. The van der Waals surface area contributed by atoms with Crippen LogP contribution in [0.3, 0.4) is 0 Å². The van der Waals surface area contributed by atoms with Crippen LogP contribution in [0.2, 0.25) is 0 Å². The van der Waals surface area contributed by atoms with Gasteiger partial charge < -0.3 is 10.6 Å². The molecule has 2 aromatic heterocycles. The van der Waals surface area contributed by atoms with Crippen LogP contribution in [0.5, 0.6) is 0 Å². The third kappa shape index (κ3) is 5.20. The smallest absolute Gasteiger partial charge is 0.290 e. The van der Waals surface area contributed by atoms with Gasteiger partial charge in [-0.1, -0.05) is 6.07 Å². The Labute approximate surface area is 179 Å². The molecule has 1 aliphatic heterocycles. The van der Waals surface area contributed by atoms with Crippen molar-refractivity contribution in [2.45, 2.75) is 19.3 Å². The summed E-state index contributed by atoms with van der Waals surface area (Å²) < 4.78 is 14.9. The maximum Gasteiger partial charge on any atom is 0.290 e. The molecule has 1 aliphatic rings. The minimum atomic E-state index is -0.322. The average Bonchev–Trinajstić information content (AvgIpc) is 3.39. The quantitative estimate of drug-likeness (QED) is 0.619. The van der Waals surface area contributed by atoms with Crippen molar-refractivity contribution in [3.63, 3.8) is 0 Å². The minimum absolute atomic E-state index is 0. The summed E-state index contributed by atoms with van der Waals surface area (Å²) in [5.41, 5.74) is 0.657. The predicted octanol–water partition coefficient (Wildman–Crippen LogP) is 3.68. The zero-order valence-corrected chi connectivity index (χ0v) is 17.4. The van der Waals surface area contributed by atoms with Gasteiger partial charge in [-0.05, 0) is 74.0 Å². The zero-order chi connectivity index (χ0) is 19.3. The van der Waals surface area contributed by atoms with Gasteiger partial charge in [0.15, 0.2) is 5.82 Å². The largest absolute Gasteiger partial charge is 0.349 e. The van der Waals surface area contributed by atoms with Gasteiger partial charge in [-0.15, -0.1) is 28.8 Å². The van der Waals surface area contributed by atoms with Crippen LogP contribution in [0.4, 0.5) is 4.39 Å². The molecule has 1 fully saturated rings. The second kappa shape index (κ2) is 9.96. The second-order valence-electron chi connectivity index (χ2n) is 6.88. The monoisotopic (exact) mass is 435 g/mol. The van der Waals surface area contributed by atoms with E-state index in [0.29, 0.717) is 24.0 Å². The third-order valence-corrected chi connectivity index (χ3v) is 5.73. The van der Waals surface area contributed by atoms with Crippen molar-refractivity contribution in [3.05, 3.63) is 53.4 Å². The summed E-state index contributed by atoms with van der Waals surface area (Å²) in [6, 6.07) is 9.83. The number of amides is 1. The van der Waals surface area contributed by atoms with Gasteiger partial charge in [0.1, 0.15) is 5.82 Å². The zero-order valence-electron chi connectivity index (χ0n) is 15.8. The molecule has 0 bridgehead atoms. The number of thiophene rings is 1. The van der Waals surface area contributed by atoms with Crippen molar-refractivity contribution in [1.82, 2.24) is 25.4 Å². The number of carbonyl (C=O) groups is 1. The van der Waals surface area contributed by atoms with Crippen LogP contribution in [-0.2, 0) is 0 Å². The van der Waals surface area contributed by atoms with Crippen LogP contribution in [0, 0.1) is 11.7 Å². The molecule has 29 heavy (non-hydrogen) atoms. The number of benzene rings is 1. The Morgan fingerprint density at radius 2 is 2.14 bits per heavy atom. The molecular weight excluding hydrogens is 413 g/mol. The summed E-state index contributed by atoms with van der Waals surface area (Å²) in [4.78, 5) is 17.9. The van der Waals surface area contributed by atoms with E-state index in [1.165, 1.54) is 36.3 Å². The van der Waals surface area contributed by atoms with Crippen LogP contribution in [0.25, 0.3) is 16.4 Å². The van der Waals surface area contributed by atoms with Gasteiger partial charge in [-0.2, -0.15) is 0 Å². The number of hydrogen-bond donors (Lipinski definition) is 2. The summed E-state index contributed by atoms with van der Waals surface area (Å²) in [6.45, 7) is 2.69. The molecule has 3 heterocycles. The molecule has 6 nitrogen and oxygen atoms in total. The van der Waals surface area contributed by atoms with Crippen molar-refractivity contribution in [3.8, 4) is 16.4 Å². The number of carbonyl (C=O) groups excluding carboxylic acids is 1. The third-order valence-electron chi connectivity index (χ3n) is 4.86. The van der Waals surface area contributed by atoms with E-state index in [4.69, 9.17) is 0 Å². The Balaban J connectivity index is 0.00000240. The second-order valence-corrected chi connectivity index (χ2v) is 7.83. The lowest BCUT2D eigenvalue weighted by molar-refractivity contribution is 0.0940. The van der Waals surface area contributed by atoms with Crippen molar-refractivity contribution in [1.29, 1.82) is 0 Å². The number of rotatable bonds is 6. The number of aromatic nitrogens is 3. The first-order valence-corrected chi connectivity index (χ1v) is 10.3. The topological polar surface area (TPSA) is 71.8 Å². The normalized spacial score (nSPS) is 16.2. The fourth-order valence-corrected chi connectivity index (χ4v) is 4.07. The van der Waals surface area contributed by atoms with E-state index >= 15 is 0 Å². The number of nitrogens with zero attached hydrogens (tertiary/aromatic N) is 3. The molecule has 3 aromatic rings. The first kappa shape index (κ1) is 21.4. The van der Waals surface area contributed by atoms with E-state index in [-0.39, 0.29) is 30.0 Å². The summed E-state index contributed by atoms with van der Waals surface area (Å²) in [5.74, 6) is 0.678. The lowest BCUT2D eigenvalue weighted by Crippen LogP contribution is -2.33. The molecule has 1 atom stereocenters. The Morgan fingerprint density at radius 3 is 2.83 bits per heavy atom. The molecule has 1 saturated heterocycles. The summed E-state index contributed by atoms with van der Waals surface area (Å²) in [7, 11) is 0. The molecule has 0 spiro atoms. The van der Waals surface area contributed by atoms with Gasteiger partial charge in [0.25, 0.3) is 5.91 Å². The van der Waals surface area contributed by atoms with Crippen molar-refractivity contribution in [2.75, 3.05) is 19.6 Å². The highest BCUT2D eigenvalue weighted by Gasteiger charge is 2.20. The van der Waals surface area contributed by atoms with E-state index in [1.54, 1.807) is 16.8 Å². The highest BCUT2D eigenvalue weighted by Crippen LogP contribution is 2.25. The molecule has 0 aliphatic carbocycles. The fraction of sp³-hybridized carbons (Fsp3) is 0.350.